The third kappa shape index (κ3) is 3.39. The minimum absolute atomic E-state index is 0.254. The van der Waals surface area contributed by atoms with Gasteiger partial charge in [-0.1, -0.05) is 20.3 Å². The first-order valence-corrected chi connectivity index (χ1v) is 8.20. The Bertz CT molecular complexity index is 506. The summed E-state index contributed by atoms with van der Waals surface area (Å²) in [5, 5.41) is 3.66. The standard InChI is InChI=1S/C18H26N2O/c1-18(2)11-3-5-15(13-18)19-14-7-9-16(10-8-14)20-12-4-6-17(20)21/h7-10,15,19H,3-6,11-13H2,1-2H3. The molecule has 1 atom stereocenters. The summed E-state index contributed by atoms with van der Waals surface area (Å²) in [7, 11) is 0. The van der Waals surface area contributed by atoms with E-state index in [2.05, 4.69) is 43.4 Å². The van der Waals surface area contributed by atoms with E-state index in [1.54, 1.807) is 0 Å². The van der Waals surface area contributed by atoms with Crippen LogP contribution in [0, 0.1) is 5.41 Å². The largest absolute Gasteiger partial charge is 0.382 e. The number of hydrogen-bond donors (Lipinski definition) is 1. The highest BCUT2D eigenvalue weighted by Gasteiger charge is 2.28. The van der Waals surface area contributed by atoms with Crippen molar-refractivity contribution in [3.63, 3.8) is 0 Å². The average molecular weight is 286 g/mol. The fraction of sp³-hybridized carbons (Fsp3) is 0.611. The quantitative estimate of drug-likeness (QED) is 0.903. The maximum atomic E-state index is 11.8. The average Bonchev–Trinajstić information content (AvgIpc) is 2.85. The Morgan fingerprint density at radius 3 is 2.57 bits per heavy atom. The predicted octanol–water partition coefficient (Wildman–Crippen LogP) is 4.19. The van der Waals surface area contributed by atoms with Crippen molar-refractivity contribution in [3.8, 4) is 0 Å². The molecule has 2 aliphatic rings. The second kappa shape index (κ2) is 5.70. The van der Waals surface area contributed by atoms with Gasteiger partial charge in [-0.05, 0) is 55.4 Å². The van der Waals surface area contributed by atoms with Crippen LogP contribution >= 0.6 is 0 Å². The molecule has 1 aliphatic heterocycles. The minimum Gasteiger partial charge on any atom is -0.382 e. The van der Waals surface area contributed by atoms with Crippen molar-refractivity contribution in [3.05, 3.63) is 24.3 Å². The summed E-state index contributed by atoms with van der Waals surface area (Å²) in [5.74, 6) is 0.254. The highest BCUT2D eigenvalue weighted by atomic mass is 16.2. The summed E-state index contributed by atoms with van der Waals surface area (Å²) in [6, 6.07) is 8.94. The van der Waals surface area contributed by atoms with Crippen molar-refractivity contribution in [2.75, 3.05) is 16.8 Å². The van der Waals surface area contributed by atoms with Crippen LogP contribution in [0.3, 0.4) is 0 Å². The van der Waals surface area contributed by atoms with Gasteiger partial charge in [0, 0.05) is 30.4 Å². The predicted molar refractivity (Wildman–Crippen MR) is 87.7 cm³/mol. The molecule has 0 bridgehead atoms. The SMILES string of the molecule is CC1(C)CCCC(Nc2ccc(N3CCCC3=O)cc2)C1. The van der Waals surface area contributed by atoms with Crippen LogP contribution in [0.25, 0.3) is 0 Å². The zero-order valence-corrected chi connectivity index (χ0v) is 13.2. The maximum Gasteiger partial charge on any atom is 0.227 e. The number of nitrogens with one attached hydrogen (secondary N) is 1. The molecule has 1 saturated carbocycles. The molecule has 21 heavy (non-hydrogen) atoms. The molecule has 0 aromatic heterocycles. The molecule has 1 saturated heterocycles. The van der Waals surface area contributed by atoms with E-state index >= 15 is 0 Å². The van der Waals surface area contributed by atoms with Crippen LogP contribution in [0.15, 0.2) is 24.3 Å². The second-order valence-corrected chi connectivity index (χ2v) is 7.30. The lowest BCUT2D eigenvalue weighted by Crippen LogP contribution is -2.31. The topological polar surface area (TPSA) is 32.3 Å². The number of benzene rings is 1. The van der Waals surface area contributed by atoms with E-state index in [-0.39, 0.29) is 5.91 Å². The molecule has 0 radical (unpaired) electrons. The van der Waals surface area contributed by atoms with Crippen molar-refractivity contribution in [2.45, 2.75) is 58.4 Å². The van der Waals surface area contributed by atoms with Crippen molar-refractivity contribution in [1.82, 2.24) is 0 Å². The molecule has 3 heteroatoms. The van der Waals surface area contributed by atoms with Crippen LogP contribution in [0.5, 0.6) is 0 Å². The fourth-order valence-corrected chi connectivity index (χ4v) is 3.72. The van der Waals surface area contributed by atoms with Gasteiger partial charge in [-0.3, -0.25) is 4.79 Å². The smallest absolute Gasteiger partial charge is 0.227 e. The molecule has 1 aromatic carbocycles. The van der Waals surface area contributed by atoms with Gasteiger partial charge < -0.3 is 10.2 Å². The summed E-state index contributed by atoms with van der Waals surface area (Å²) < 4.78 is 0. The summed E-state index contributed by atoms with van der Waals surface area (Å²) >= 11 is 0. The van der Waals surface area contributed by atoms with Gasteiger partial charge >= 0.3 is 0 Å². The zero-order chi connectivity index (χ0) is 14.9. The molecule has 1 aliphatic carbocycles. The molecule has 2 fully saturated rings. The number of amides is 1. The molecule has 1 unspecified atom stereocenters. The molecule has 114 valence electrons. The summed E-state index contributed by atoms with van der Waals surface area (Å²) in [6.45, 7) is 5.59. The molecular weight excluding hydrogens is 260 g/mol. The van der Waals surface area contributed by atoms with Gasteiger partial charge in [0.15, 0.2) is 0 Å². The number of carbonyl (C=O) groups excluding carboxylic acids is 1. The third-order valence-electron chi connectivity index (χ3n) is 4.83. The molecule has 1 aromatic rings. The van der Waals surface area contributed by atoms with E-state index in [1.165, 1.54) is 31.4 Å². The normalized spacial score (nSPS) is 25.1. The molecule has 1 heterocycles. The molecule has 3 rings (SSSR count). The molecule has 1 amide bonds. The Kier molecular flexibility index (Phi) is 3.92. The first-order chi connectivity index (χ1) is 10.0. The van der Waals surface area contributed by atoms with Crippen molar-refractivity contribution < 1.29 is 4.79 Å². The Labute approximate surface area is 127 Å². The van der Waals surface area contributed by atoms with E-state index in [0.717, 1.165) is 18.7 Å². The molecule has 1 N–H and O–H groups in total. The summed E-state index contributed by atoms with van der Waals surface area (Å²) in [4.78, 5) is 13.7. The van der Waals surface area contributed by atoms with Crippen molar-refractivity contribution >= 4 is 17.3 Å². The van der Waals surface area contributed by atoms with Gasteiger partial charge in [0.25, 0.3) is 0 Å². The highest BCUT2D eigenvalue weighted by molar-refractivity contribution is 5.95. The van der Waals surface area contributed by atoms with Crippen molar-refractivity contribution in [1.29, 1.82) is 0 Å². The van der Waals surface area contributed by atoms with Crippen LogP contribution in [0.4, 0.5) is 11.4 Å². The van der Waals surface area contributed by atoms with Crippen LogP contribution in [-0.4, -0.2) is 18.5 Å². The Balaban J connectivity index is 1.63. The highest BCUT2D eigenvalue weighted by Crippen LogP contribution is 2.36. The monoisotopic (exact) mass is 286 g/mol. The number of nitrogens with zero attached hydrogens (tertiary/aromatic N) is 1. The second-order valence-electron chi connectivity index (χ2n) is 7.30. The molecule has 3 nitrogen and oxygen atoms in total. The van der Waals surface area contributed by atoms with E-state index in [1.807, 2.05) is 4.90 Å². The molecular formula is C18H26N2O. The van der Waals surface area contributed by atoms with Gasteiger partial charge in [0.1, 0.15) is 0 Å². The van der Waals surface area contributed by atoms with Gasteiger partial charge in [0.2, 0.25) is 5.91 Å². The Morgan fingerprint density at radius 2 is 1.95 bits per heavy atom. The lowest BCUT2D eigenvalue weighted by molar-refractivity contribution is -0.117. The zero-order valence-electron chi connectivity index (χ0n) is 13.2. The third-order valence-corrected chi connectivity index (χ3v) is 4.83. The fourth-order valence-electron chi connectivity index (χ4n) is 3.72. The number of hydrogen-bond acceptors (Lipinski definition) is 2. The van der Waals surface area contributed by atoms with Crippen LogP contribution in [0.2, 0.25) is 0 Å². The van der Waals surface area contributed by atoms with Crippen molar-refractivity contribution in [2.24, 2.45) is 5.41 Å². The Morgan fingerprint density at radius 1 is 1.19 bits per heavy atom. The van der Waals surface area contributed by atoms with Crippen LogP contribution < -0.4 is 10.2 Å². The van der Waals surface area contributed by atoms with E-state index in [9.17, 15) is 4.79 Å². The Hall–Kier alpha value is -1.51. The summed E-state index contributed by atoms with van der Waals surface area (Å²) in [6.07, 6.45) is 6.81. The lowest BCUT2D eigenvalue weighted by atomic mass is 9.75. The van der Waals surface area contributed by atoms with Gasteiger partial charge in [0.05, 0.1) is 0 Å². The number of carbonyl (C=O) groups is 1. The first-order valence-electron chi connectivity index (χ1n) is 8.20. The van der Waals surface area contributed by atoms with E-state index < -0.39 is 0 Å². The van der Waals surface area contributed by atoms with Gasteiger partial charge in [-0.25, -0.2) is 0 Å². The lowest BCUT2D eigenvalue weighted by Gasteiger charge is -2.36. The number of rotatable bonds is 3. The summed E-state index contributed by atoms with van der Waals surface area (Å²) in [5.41, 5.74) is 2.66. The van der Waals surface area contributed by atoms with Gasteiger partial charge in [-0.15, -0.1) is 0 Å². The van der Waals surface area contributed by atoms with E-state index in [4.69, 9.17) is 0 Å². The maximum absolute atomic E-state index is 11.8. The van der Waals surface area contributed by atoms with Crippen LogP contribution in [0.1, 0.15) is 52.4 Å². The minimum atomic E-state index is 0.254. The van der Waals surface area contributed by atoms with E-state index in [0.29, 0.717) is 17.9 Å². The van der Waals surface area contributed by atoms with Crippen LogP contribution in [-0.2, 0) is 4.79 Å². The molecule has 0 spiro atoms. The van der Waals surface area contributed by atoms with Gasteiger partial charge in [-0.2, -0.15) is 0 Å². The number of anilines is 2. The first kappa shape index (κ1) is 14.4.